The van der Waals surface area contributed by atoms with Gasteiger partial charge in [-0.15, -0.1) is 12.4 Å². The van der Waals surface area contributed by atoms with Crippen LogP contribution in [0.5, 0.6) is 0 Å². The van der Waals surface area contributed by atoms with Crippen LogP contribution in [0.3, 0.4) is 0 Å². The van der Waals surface area contributed by atoms with Gasteiger partial charge in [0.25, 0.3) is 11.8 Å². The first kappa shape index (κ1) is 27.0. The molecule has 0 bridgehead atoms. The summed E-state index contributed by atoms with van der Waals surface area (Å²) in [4.78, 5) is 53.0. The zero-order valence-electron chi connectivity index (χ0n) is 21.4. The zero-order chi connectivity index (χ0) is 26.9. The summed E-state index contributed by atoms with van der Waals surface area (Å²) in [5, 5.41) is 0.647. The van der Waals surface area contributed by atoms with Crippen molar-refractivity contribution in [2.75, 3.05) is 68.0 Å². The largest absolute Gasteiger partial charge is 0.450 e. The molecule has 0 unspecified atom stereocenters. The lowest BCUT2D eigenvalue weighted by atomic mass is 10.1. The molecule has 1 aromatic carbocycles. The van der Waals surface area contributed by atoms with Crippen LogP contribution in [-0.2, 0) is 4.74 Å². The second-order valence-corrected chi connectivity index (χ2v) is 9.17. The third kappa shape index (κ3) is 5.31. The molecule has 0 atom stereocenters. The molecule has 0 saturated carbocycles. The number of carbonyl (C=O) groups is 2. The van der Waals surface area contributed by atoms with E-state index in [1.807, 2.05) is 4.90 Å². The van der Waals surface area contributed by atoms with Crippen molar-refractivity contribution in [2.45, 2.75) is 0 Å². The Morgan fingerprint density at radius 1 is 0.875 bits per heavy atom. The minimum atomic E-state index is -0.610. The number of morpholine rings is 1. The fraction of sp³-hybridized carbons (Fsp3) is 0.320. The summed E-state index contributed by atoms with van der Waals surface area (Å²) >= 11 is 0. The van der Waals surface area contributed by atoms with Crippen molar-refractivity contribution in [3.05, 3.63) is 48.0 Å². The number of hydrogen-bond donors (Lipinski definition) is 2. The van der Waals surface area contributed by atoms with Gasteiger partial charge in [-0.3, -0.25) is 9.59 Å². The Bertz CT molecular complexity index is 1530. The van der Waals surface area contributed by atoms with Crippen LogP contribution in [0.2, 0.25) is 0 Å². The number of amides is 2. The van der Waals surface area contributed by atoms with Gasteiger partial charge in [-0.05, 0) is 12.1 Å². The molecular weight excluding hydrogens is 540 g/mol. The second kappa shape index (κ2) is 11.3. The molecular formula is C25H27ClN10O4. The number of piperazine rings is 1. The topological polar surface area (TPSA) is 183 Å². The Balaban J connectivity index is 0.00000323. The van der Waals surface area contributed by atoms with Gasteiger partial charge in [-0.25, -0.2) is 9.97 Å². The average Bonchev–Trinajstić information content (AvgIpc) is 3.42. The maximum Gasteiger partial charge on any atom is 0.289 e. The van der Waals surface area contributed by atoms with Crippen molar-refractivity contribution >= 4 is 53.0 Å². The molecule has 2 aliphatic rings. The zero-order valence-corrected chi connectivity index (χ0v) is 22.2. The molecule has 15 heteroatoms. The predicted molar refractivity (Wildman–Crippen MR) is 148 cm³/mol. The third-order valence-electron chi connectivity index (χ3n) is 6.71. The number of carbonyl (C=O) groups excluding carboxylic acids is 2. The Labute approximate surface area is 234 Å². The summed E-state index contributed by atoms with van der Waals surface area (Å²) < 4.78 is 11.2. The van der Waals surface area contributed by atoms with Crippen molar-refractivity contribution in [2.24, 2.45) is 5.73 Å². The Hall–Kier alpha value is -4.56. The van der Waals surface area contributed by atoms with E-state index in [0.29, 0.717) is 86.7 Å². The van der Waals surface area contributed by atoms with Crippen molar-refractivity contribution in [3.63, 3.8) is 0 Å². The van der Waals surface area contributed by atoms with E-state index >= 15 is 0 Å². The molecule has 5 heterocycles. The molecule has 2 fully saturated rings. The molecule has 6 rings (SSSR count). The summed E-state index contributed by atoms with van der Waals surface area (Å²) in [6.07, 6.45) is 3.16. The number of aromatic nitrogens is 5. The van der Waals surface area contributed by atoms with E-state index < -0.39 is 5.91 Å². The minimum Gasteiger partial charge on any atom is -0.450 e. The molecule has 2 saturated heterocycles. The van der Waals surface area contributed by atoms with Crippen molar-refractivity contribution in [3.8, 4) is 11.4 Å². The molecule has 2 aliphatic heterocycles. The van der Waals surface area contributed by atoms with Crippen molar-refractivity contribution in [1.29, 1.82) is 0 Å². The molecule has 14 nitrogen and oxygen atoms in total. The number of anilines is 3. The van der Waals surface area contributed by atoms with E-state index in [1.54, 1.807) is 41.6 Å². The lowest BCUT2D eigenvalue weighted by Gasteiger charge is -2.35. The van der Waals surface area contributed by atoms with Gasteiger partial charge in [0.1, 0.15) is 5.58 Å². The van der Waals surface area contributed by atoms with Gasteiger partial charge in [-0.1, -0.05) is 12.1 Å². The number of benzene rings is 1. The van der Waals surface area contributed by atoms with Crippen LogP contribution in [0.1, 0.15) is 20.9 Å². The van der Waals surface area contributed by atoms with Gasteiger partial charge in [0.15, 0.2) is 11.6 Å². The van der Waals surface area contributed by atoms with Crippen LogP contribution < -0.4 is 21.3 Å². The monoisotopic (exact) mass is 566 g/mol. The van der Waals surface area contributed by atoms with Gasteiger partial charge in [0.2, 0.25) is 17.8 Å². The molecule has 2 amide bonds. The van der Waals surface area contributed by atoms with Gasteiger partial charge in [0, 0.05) is 57.0 Å². The van der Waals surface area contributed by atoms with Crippen molar-refractivity contribution < 1.29 is 18.7 Å². The molecule has 0 radical (unpaired) electrons. The SMILES string of the molecule is Cl.NC(=O)c1cccc2cc(C(=O)N3CCN(c4nc(-c5cnc(N)nc5)nc(N5CCOCC5)n4)CC3)oc12. The minimum absolute atomic E-state index is 0. The first-order valence-electron chi connectivity index (χ1n) is 12.5. The fourth-order valence-electron chi connectivity index (χ4n) is 4.61. The van der Waals surface area contributed by atoms with Crippen LogP contribution in [0.4, 0.5) is 17.8 Å². The summed E-state index contributed by atoms with van der Waals surface area (Å²) in [5.41, 5.74) is 12.3. The predicted octanol–water partition coefficient (Wildman–Crippen LogP) is 0.977. The molecule has 0 spiro atoms. The number of para-hydroxylation sites is 1. The number of hydrogen-bond acceptors (Lipinski definition) is 12. The number of furan rings is 1. The maximum atomic E-state index is 13.2. The van der Waals surface area contributed by atoms with E-state index in [-0.39, 0.29) is 35.6 Å². The number of primary amides is 1. The molecule has 4 N–H and O–H groups in total. The number of nitrogens with zero attached hydrogens (tertiary/aromatic N) is 8. The highest BCUT2D eigenvalue weighted by Gasteiger charge is 2.28. The standard InChI is InChI=1S/C25H26N10O4.ClH/c26-20(36)17-3-1-2-15-12-18(39-19(15)17)22(37)33-4-6-34(7-5-33)24-30-21(16-13-28-23(27)29-14-16)31-25(32-24)35-8-10-38-11-9-35;/h1-3,12-14H,4-11H2,(H2,26,36)(H2,27,28,29);1H. The van der Waals surface area contributed by atoms with Crippen LogP contribution in [0.15, 0.2) is 41.1 Å². The van der Waals surface area contributed by atoms with Gasteiger partial charge in [0.05, 0.1) is 24.3 Å². The summed E-state index contributed by atoms with van der Waals surface area (Å²) in [7, 11) is 0. The second-order valence-electron chi connectivity index (χ2n) is 9.17. The Kier molecular flexibility index (Phi) is 7.62. The van der Waals surface area contributed by atoms with E-state index in [0.717, 1.165) is 0 Å². The highest BCUT2D eigenvalue weighted by molar-refractivity contribution is 6.06. The summed E-state index contributed by atoms with van der Waals surface area (Å²) in [6.45, 7) is 4.37. The first-order chi connectivity index (χ1) is 19.0. The lowest BCUT2D eigenvalue weighted by molar-refractivity contribution is 0.0716. The number of ether oxygens (including phenoxy) is 1. The number of fused-ring (bicyclic) bond motifs is 1. The highest BCUT2D eigenvalue weighted by Crippen LogP contribution is 2.26. The molecule has 40 heavy (non-hydrogen) atoms. The van der Waals surface area contributed by atoms with Crippen LogP contribution >= 0.6 is 12.4 Å². The highest BCUT2D eigenvalue weighted by atomic mass is 35.5. The fourth-order valence-corrected chi connectivity index (χ4v) is 4.61. The van der Waals surface area contributed by atoms with E-state index in [9.17, 15) is 9.59 Å². The normalized spacial score (nSPS) is 15.7. The van der Waals surface area contributed by atoms with Crippen LogP contribution in [0.25, 0.3) is 22.4 Å². The lowest BCUT2D eigenvalue weighted by Crippen LogP contribution is -2.49. The summed E-state index contributed by atoms with van der Waals surface area (Å²) in [5.74, 6) is 0.936. The van der Waals surface area contributed by atoms with Gasteiger partial charge in [-0.2, -0.15) is 15.0 Å². The molecule has 0 aliphatic carbocycles. The molecule has 3 aromatic heterocycles. The maximum absolute atomic E-state index is 13.2. The van der Waals surface area contributed by atoms with Crippen molar-refractivity contribution in [1.82, 2.24) is 29.8 Å². The quantitative estimate of drug-likeness (QED) is 0.349. The first-order valence-corrected chi connectivity index (χ1v) is 12.5. The average molecular weight is 567 g/mol. The van der Waals surface area contributed by atoms with Crippen LogP contribution in [-0.4, -0.2) is 94.1 Å². The molecule has 208 valence electrons. The smallest absolute Gasteiger partial charge is 0.289 e. The summed E-state index contributed by atoms with van der Waals surface area (Å²) in [6, 6.07) is 6.69. The third-order valence-corrected chi connectivity index (χ3v) is 6.71. The van der Waals surface area contributed by atoms with Gasteiger partial charge >= 0.3 is 0 Å². The van der Waals surface area contributed by atoms with Crippen LogP contribution in [0, 0.1) is 0 Å². The van der Waals surface area contributed by atoms with E-state index in [2.05, 4.69) is 19.9 Å². The Morgan fingerprint density at radius 3 is 2.17 bits per heavy atom. The number of halogens is 1. The Morgan fingerprint density at radius 2 is 1.52 bits per heavy atom. The van der Waals surface area contributed by atoms with E-state index in [4.69, 9.17) is 30.6 Å². The van der Waals surface area contributed by atoms with E-state index in [1.165, 1.54) is 0 Å². The number of nitrogens with two attached hydrogens (primary N) is 2. The molecule has 4 aromatic rings. The number of nitrogen functional groups attached to an aromatic ring is 1. The number of rotatable bonds is 5. The van der Waals surface area contributed by atoms with Gasteiger partial charge < -0.3 is 35.3 Å².